The monoisotopic (exact) mass is 240 g/mol. The Hall–Kier alpha value is -0.790. The second kappa shape index (κ2) is 3.90. The third kappa shape index (κ3) is 1.42. The van der Waals surface area contributed by atoms with E-state index in [4.69, 9.17) is 9.05 Å². The quantitative estimate of drug-likeness (QED) is 0.751. The van der Waals surface area contributed by atoms with Gasteiger partial charge in [-0.2, -0.15) is 0 Å². The summed E-state index contributed by atoms with van der Waals surface area (Å²) in [5.41, 5.74) is 0.995. The van der Waals surface area contributed by atoms with Crippen molar-refractivity contribution in [1.29, 1.82) is 0 Å². The van der Waals surface area contributed by atoms with E-state index in [2.05, 4.69) is 0 Å². The highest BCUT2D eigenvalue weighted by atomic mass is 31.2. The van der Waals surface area contributed by atoms with E-state index in [-0.39, 0.29) is 0 Å². The van der Waals surface area contributed by atoms with Crippen LogP contribution in [0.2, 0.25) is 0 Å². The van der Waals surface area contributed by atoms with Crippen LogP contribution in [0.4, 0.5) is 0 Å². The van der Waals surface area contributed by atoms with Crippen LogP contribution >= 0.6 is 7.60 Å². The Kier molecular flexibility index (Phi) is 2.85. The Balaban J connectivity index is 2.54. The van der Waals surface area contributed by atoms with E-state index in [0.717, 1.165) is 12.0 Å². The molecule has 88 valence electrons. The number of benzene rings is 1. The van der Waals surface area contributed by atoms with E-state index < -0.39 is 12.8 Å². The van der Waals surface area contributed by atoms with E-state index in [1.54, 1.807) is 0 Å². The molecule has 2 unspecified atom stereocenters. The summed E-state index contributed by atoms with van der Waals surface area (Å²) >= 11 is 0. The van der Waals surface area contributed by atoms with E-state index in [1.165, 1.54) is 0 Å². The minimum atomic E-state index is -3.07. The summed E-state index contributed by atoms with van der Waals surface area (Å²) in [6.07, 6.45) is 0.737. The molecule has 0 amide bonds. The van der Waals surface area contributed by atoms with Gasteiger partial charge in [0.15, 0.2) is 0 Å². The van der Waals surface area contributed by atoms with Crippen LogP contribution in [0, 0.1) is 0 Å². The van der Waals surface area contributed by atoms with Crippen LogP contribution in [0.15, 0.2) is 24.3 Å². The van der Waals surface area contributed by atoms with Crippen LogP contribution in [0.25, 0.3) is 0 Å². The molecule has 1 aromatic carbocycles. The summed E-state index contributed by atoms with van der Waals surface area (Å²) in [5, 5.41) is -0.514. The van der Waals surface area contributed by atoms with Crippen molar-refractivity contribution in [2.24, 2.45) is 0 Å². The highest BCUT2D eigenvalue weighted by Crippen LogP contribution is 2.72. The van der Waals surface area contributed by atoms with Crippen LogP contribution in [0.3, 0.4) is 0 Å². The van der Waals surface area contributed by atoms with Gasteiger partial charge in [0.25, 0.3) is 0 Å². The van der Waals surface area contributed by atoms with Crippen LogP contribution in [0.1, 0.15) is 32.8 Å². The smallest absolute Gasteiger partial charge is 0.389 e. The fraction of sp³-hybridized carbons (Fsp3) is 0.500. The predicted octanol–water partition coefficient (Wildman–Crippen LogP) is 3.93. The first-order valence-corrected chi connectivity index (χ1v) is 7.15. The molecule has 4 heteroatoms. The Morgan fingerprint density at radius 1 is 1.38 bits per heavy atom. The maximum Gasteiger partial charge on any atom is 0.389 e. The third-order valence-corrected chi connectivity index (χ3v) is 6.08. The molecule has 0 aromatic heterocycles. The fourth-order valence-corrected chi connectivity index (χ4v) is 4.26. The molecule has 0 radical (unpaired) electrons. The molecular weight excluding hydrogens is 223 g/mol. The molecule has 0 saturated carbocycles. The lowest BCUT2D eigenvalue weighted by Crippen LogP contribution is -2.19. The van der Waals surface area contributed by atoms with Crippen molar-refractivity contribution in [1.82, 2.24) is 0 Å². The lowest BCUT2D eigenvalue weighted by atomic mass is 9.97. The Morgan fingerprint density at radius 3 is 2.69 bits per heavy atom. The zero-order valence-corrected chi connectivity index (χ0v) is 10.8. The fourth-order valence-electron chi connectivity index (χ4n) is 2.09. The van der Waals surface area contributed by atoms with Gasteiger partial charge in [-0.05, 0) is 26.3 Å². The largest absolute Gasteiger partial charge is 0.423 e. The molecule has 0 saturated heterocycles. The molecule has 2 atom stereocenters. The molecule has 2 rings (SSSR count). The normalized spacial score (nSPS) is 32.2. The molecule has 1 aliphatic rings. The molecule has 0 spiro atoms. The first kappa shape index (κ1) is 11.7. The van der Waals surface area contributed by atoms with Gasteiger partial charge in [0.05, 0.1) is 6.61 Å². The third-order valence-electron chi connectivity index (χ3n) is 3.28. The summed E-state index contributed by atoms with van der Waals surface area (Å²) in [6.45, 7) is 6.20. The van der Waals surface area contributed by atoms with Gasteiger partial charge < -0.3 is 4.52 Å². The lowest BCUT2D eigenvalue weighted by Gasteiger charge is -2.27. The van der Waals surface area contributed by atoms with Crippen LogP contribution < -0.4 is 4.52 Å². The molecule has 1 aromatic rings. The van der Waals surface area contributed by atoms with E-state index in [0.29, 0.717) is 12.4 Å². The molecule has 1 heterocycles. The average molecular weight is 240 g/mol. The van der Waals surface area contributed by atoms with E-state index in [1.807, 2.05) is 45.0 Å². The lowest BCUT2D eigenvalue weighted by molar-refractivity contribution is 0.266. The number of rotatable bonds is 3. The average Bonchev–Trinajstić information content (AvgIpc) is 2.50. The van der Waals surface area contributed by atoms with Gasteiger partial charge >= 0.3 is 7.60 Å². The van der Waals surface area contributed by atoms with Gasteiger partial charge in [-0.25, -0.2) is 4.57 Å². The van der Waals surface area contributed by atoms with E-state index in [9.17, 15) is 4.57 Å². The Bertz CT molecular complexity index is 444. The van der Waals surface area contributed by atoms with Crippen molar-refractivity contribution < 1.29 is 13.6 Å². The summed E-state index contributed by atoms with van der Waals surface area (Å²) in [6, 6.07) is 7.65. The topological polar surface area (TPSA) is 35.5 Å². The Morgan fingerprint density at radius 2 is 2.06 bits per heavy atom. The SMILES string of the molecule is CCOP1(=O)Oc2ccccc2C1(C)CC. The molecule has 3 nitrogen and oxygen atoms in total. The Labute approximate surface area is 96.3 Å². The minimum absolute atomic E-state index is 0.404. The number of hydrogen-bond donors (Lipinski definition) is 0. The van der Waals surface area contributed by atoms with Crippen molar-refractivity contribution in [3.8, 4) is 5.75 Å². The van der Waals surface area contributed by atoms with Gasteiger partial charge in [-0.15, -0.1) is 0 Å². The predicted molar refractivity (Wildman–Crippen MR) is 63.9 cm³/mol. The van der Waals surface area contributed by atoms with Crippen molar-refractivity contribution in [3.63, 3.8) is 0 Å². The highest BCUT2D eigenvalue weighted by Gasteiger charge is 2.54. The summed E-state index contributed by atoms with van der Waals surface area (Å²) < 4.78 is 23.7. The highest BCUT2D eigenvalue weighted by molar-refractivity contribution is 7.56. The zero-order valence-electron chi connectivity index (χ0n) is 9.90. The molecule has 16 heavy (non-hydrogen) atoms. The van der Waals surface area contributed by atoms with Crippen molar-refractivity contribution in [2.45, 2.75) is 32.3 Å². The van der Waals surface area contributed by atoms with Crippen LogP contribution in [-0.2, 0) is 14.2 Å². The molecule has 0 aliphatic carbocycles. The van der Waals surface area contributed by atoms with Crippen molar-refractivity contribution >= 4 is 7.60 Å². The molecule has 0 fully saturated rings. The molecule has 0 N–H and O–H groups in total. The molecule has 0 bridgehead atoms. The number of para-hydroxylation sites is 1. The first-order chi connectivity index (χ1) is 7.57. The maximum absolute atomic E-state index is 12.7. The maximum atomic E-state index is 12.7. The molecular formula is C12H17O3P. The van der Waals surface area contributed by atoms with E-state index >= 15 is 0 Å². The van der Waals surface area contributed by atoms with Crippen LogP contribution in [-0.4, -0.2) is 6.61 Å². The molecule has 1 aliphatic heterocycles. The second-order valence-corrected chi connectivity index (χ2v) is 6.55. The van der Waals surface area contributed by atoms with Crippen molar-refractivity contribution in [3.05, 3.63) is 29.8 Å². The van der Waals surface area contributed by atoms with Gasteiger partial charge in [-0.3, -0.25) is 4.52 Å². The minimum Gasteiger partial charge on any atom is -0.423 e. The second-order valence-electron chi connectivity index (χ2n) is 4.13. The van der Waals surface area contributed by atoms with Gasteiger partial charge in [-0.1, -0.05) is 25.1 Å². The summed E-state index contributed by atoms with van der Waals surface area (Å²) in [4.78, 5) is 0. The van der Waals surface area contributed by atoms with Crippen molar-refractivity contribution in [2.75, 3.05) is 6.61 Å². The number of fused-ring (bicyclic) bond motifs is 1. The summed E-state index contributed by atoms with van der Waals surface area (Å²) in [5.74, 6) is 0.698. The van der Waals surface area contributed by atoms with Gasteiger partial charge in [0.1, 0.15) is 10.9 Å². The first-order valence-electron chi connectivity index (χ1n) is 5.61. The van der Waals surface area contributed by atoms with Gasteiger partial charge in [0.2, 0.25) is 0 Å². The standard InChI is InChI=1S/C12H17O3P/c1-4-12(3)10-8-6-7-9-11(10)15-16(12,13)14-5-2/h6-9H,4-5H2,1-3H3. The summed E-state index contributed by atoms with van der Waals surface area (Å²) in [7, 11) is -3.07. The number of hydrogen-bond acceptors (Lipinski definition) is 3. The van der Waals surface area contributed by atoms with Crippen LogP contribution in [0.5, 0.6) is 5.75 Å². The van der Waals surface area contributed by atoms with Gasteiger partial charge in [0, 0.05) is 5.56 Å². The zero-order chi connectivity index (χ0) is 11.8.